The molecule has 2 aliphatic rings. The fraction of sp³-hybridized carbons (Fsp3) is 0.562. The molecule has 5 nitrogen and oxygen atoms in total. The first kappa shape index (κ1) is 14.4. The summed E-state index contributed by atoms with van der Waals surface area (Å²) in [4.78, 5) is 9.08. The lowest BCUT2D eigenvalue weighted by Crippen LogP contribution is -2.45. The Bertz CT molecular complexity index is 497. The number of rotatable bonds is 3. The van der Waals surface area contributed by atoms with Crippen molar-refractivity contribution in [2.45, 2.75) is 13.0 Å². The molecule has 0 radical (unpaired) electrons. The maximum atomic E-state index is 6.04. The van der Waals surface area contributed by atoms with Gasteiger partial charge in [-0.2, -0.15) is 0 Å². The summed E-state index contributed by atoms with van der Waals surface area (Å²) in [6.07, 6.45) is 1.14. The van der Waals surface area contributed by atoms with Crippen molar-refractivity contribution in [2.24, 2.45) is 10.7 Å². The van der Waals surface area contributed by atoms with Crippen LogP contribution in [-0.2, 0) is 17.7 Å². The molecule has 0 amide bonds. The molecule has 5 heteroatoms. The molecule has 0 aliphatic carbocycles. The molecular weight excluding hydrogens is 264 g/mol. The minimum Gasteiger partial charge on any atom is -0.378 e. The third-order valence-corrected chi connectivity index (χ3v) is 4.23. The molecule has 0 unspecified atom stereocenters. The van der Waals surface area contributed by atoms with Gasteiger partial charge in [0.05, 0.1) is 19.8 Å². The third-order valence-electron chi connectivity index (χ3n) is 4.23. The standard InChI is InChI=1S/C16H24N4O/c17-16(20-9-11-21-12-10-20)18-6-8-19-7-5-14-3-1-2-4-15(14)13-19/h1-4H,5-13H2,(H2,17,18). The first-order valence-corrected chi connectivity index (χ1v) is 7.75. The highest BCUT2D eigenvalue weighted by atomic mass is 16.5. The van der Waals surface area contributed by atoms with E-state index in [0.29, 0.717) is 5.96 Å². The Balaban J connectivity index is 1.47. The Morgan fingerprint density at radius 2 is 1.90 bits per heavy atom. The SMILES string of the molecule is NC(=NCCN1CCc2ccccc2C1)N1CCOCC1. The van der Waals surface area contributed by atoms with Gasteiger partial charge in [-0.3, -0.25) is 9.89 Å². The maximum Gasteiger partial charge on any atom is 0.191 e. The zero-order valence-electron chi connectivity index (χ0n) is 12.5. The van der Waals surface area contributed by atoms with E-state index in [0.717, 1.165) is 58.9 Å². The van der Waals surface area contributed by atoms with Crippen LogP contribution >= 0.6 is 0 Å². The van der Waals surface area contributed by atoms with Crippen molar-refractivity contribution in [1.29, 1.82) is 0 Å². The Labute approximate surface area is 126 Å². The van der Waals surface area contributed by atoms with Crippen LogP contribution in [0.5, 0.6) is 0 Å². The zero-order valence-corrected chi connectivity index (χ0v) is 12.5. The van der Waals surface area contributed by atoms with E-state index in [1.165, 1.54) is 11.1 Å². The van der Waals surface area contributed by atoms with Gasteiger partial charge in [0.15, 0.2) is 5.96 Å². The average Bonchev–Trinajstić information content (AvgIpc) is 2.55. The van der Waals surface area contributed by atoms with Crippen LogP contribution in [0.25, 0.3) is 0 Å². The normalized spacial score (nSPS) is 20.4. The van der Waals surface area contributed by atoms with Crippen molar-refractivity contribution in [3.05, 3.63) is 35.4 Å². The van der Waals surface area contributed by atoms with E-state index in [1.54, 1.807) is 0 Å². The monoisotopic (exact) mass is 288 g/mol. The van der Waals surface area contributed by atoms with E-state index >= 15 is 0 Å². The highest BCUT2D eigenvalue weighted by Crippen LogP contribution is 2.17. The molecule has 1 saturated heterocycles. The Hall–Kier alpha value is -1.59. The molecule has 114 valence electrons. The largest absolute Gasteiger partial charge is 0.378 e. The van der Waals surface area contributed by atoms with Gasteiger partial charge in [0.2, 0.25) is 0 Å². The number of benzene rings is 1. The molecule has 2 N–H and O–H groups in total. The fourth-order valence-corrected chi connectivity index (χ4v) is 2.94. The summed E-state index contributed by atoms with van der Waals surface area (Å²) in [5.41, 5.74) is 8.99. The van der Waals surface area contributed by atoms with Gasteiger partial charge >= 0.3 is 0 Å². The quantitative estimate of drug-likeness (QED) is 0.657. The summed E-state index contributed by atoms with van der Waals surface area (Å²) in [6.45, 7) is 7.09. The van der Waals surface area contributed by atoms with Crippen molar-refractivity contribution in [3.63, 3.8) is 0 Å². The van der Waals surface area contributed by atoms with E-state index in [-0.39, 0.29) is 0 Å². The number of hydrogen-bond donors (Lipinski definition) is 1. The number of morpholine rings is 1. The number of aliphatic imine (C=N–C) groups is 1. The summed E-state index contributed by atoms with van der Waals surface area (Å²) in [5, 5.41) is 0. The van der Waals surface area contributed by atoms with E-state index in [1.807, 2.05) is 0 Å². The predicted molar refractivity (Wildman–Crippen MR) is 84.3 cm³/mol. The summed E-state index contributed by atoms with van der Waals surface area (Å²) in [7, 11) is 0. The summed E-state index contributed by atoms with van der Waals surface area (Å²) in [5.74, 6) is 0.663. The highest BCUT2D eigenvalue weighted by molar-refractivity contribution is 5.78. The first-order chi connectivity index (χ1) is 10.3. The number of hydrogen-bond acceptors (Lipinski definition) is 3. The van der Waals surface area contributed by atoms with Gasteiger partial charge in [0.1, 0.15) is 0 Å². The number of nitrogens with two attached hydrogens (primary N) is 1. The van der Waals surface area contributed by atoms with Crippen LogP contribution in [0.15, 0.2) is 29.3 Å². The average molecular weight is 288 g/mol. The molecule has 0 aromatic heterocycles. The van der Waals surface area contributed by atoms with Crippen LogP contribution in [0.1, 0.15) is 11.1 Å². The molecule has 21 heavy (non-hydrogen) atoms. The Morgan fingerprint density at radius 1 is 1.14 bits per heavy atom. The molecule has 0 saturated carbocycles. The van der Waals surface area contributed by atoms with Crippen molar-refractivity contribution in [3.8, 4) is 0 Å². The second kappa shape index (κ2) is 6.91. The van der Waals surface area contributed by atoms with Crippen molar-refractivity contribution < 1.29 is 4.74 Å². The summed E-state index contributed by atoms with van der Waals surface area (Å²) in [6, 6.07) is 8.72. The van der Waals surface area contributed by atoms with Crippen LogP contribution in [0.3, 0.4) is 0 Å². The predicted octanol–water partition coefficient (Wildman–Crippen LogP) is 0.692. The van der Waals surface area contributed by atoms with E-state index in [2.05, 4.69) is 39.1 Å². The Kier molecular flexibility index (Phi) is 4.72. The number of ether oxygens (including phenoxy) is 1. The van der Waals surface area contributed by atoms with Gasteiger partial charge < -0.3 is 15.4 Å². The minimum absolute atomic E-state index is 0.663. The highest BCUT2D eigenvalue weighted by Gasteiger charge is 2.15. The maximum absolute atomic E-state index is 6.04. The van der Waals surface area contributed by atoms with Crippen LogP contribution in [0.2, 0.25) is 0 Å². The van der Waals surface area contributed by atoms with Gasteiger partial charge in [-0.05, 0) is 17.5 Å². The molecule has 3 rings (SSSR count). The summed E-state index contributed by atoms with van der Waals surface area (Å²) >= 11 is 0. The second-order valence-corrected chi connectivity index (χ2v) is 5.63. The van der Waals surface area contributed by atoms with Crippen molar-refractivity contribution in [2.75, 3.05) is 45.9 Å². The molecular formula is C16H24N4O. The van der Waals surface area contributed by atoms with E-state index < -0.39 is 0 Å². The fourth-order valence-electron chi connectivity index (χ4n) is 2.94. The lowest BCUT2D eigenvalue weighted by Gasteiger charge is -2.29. The molecule has 0 spiro atoms. The topological polar surface area (TPSA) is 54.1 Å². The molecule has 0 bridgehead atoms. The molecule has 1 aromatic rings. The summed E-state index contributed by atoms with van der Waals surface area (Å²) < 4.78 is 5.32. The van der Waals surface area contributed by atoms with Crippen LogP contribution < -0.4 is 5.73 Å². The molecule has 0 atom stereocenters. The first-order valence-electron chi connectivity index (χ1n) is 7.75. The smallest absolute Gasteiger partial charge is 0.191 e. The zero-order chi connectivity index (χ0) is 14.5. The van der Waals surface area contributed by atoms with Crippen LogP contribution in [0.4, 0.5) is 0 Å². The lowest BCUT2D eigenvalue weighted by atomic mass is 10.0. The van der Waals surface area contributed by atoms with Gasteiger partial charge in [-0.1, -0.05) is 24.3 Å². The van der Waals surface area contributed by atoms with Gasteiger partial charge in [-0.15, -0.1) is 0 Å². The third kappa shape index (κ3) is 3.74. The Morgan fingerprint density at radius 3 is 2.71 bits per heavy atom. The van der Waals surface area contributed by atoms with Crippen LogP contribution in [-0.4, -0.2) is 61.7 Å². The molecule has 1 fully saturated rings. The van der Waals surface area contributed by atoms with Gasteiger partial charge in [-0.25, -0.2) is 0 Å². The van der Waals surface area contributed by atoms with Crippen molar-refractivity contribution >= 4 is 5.96 Å². The molecule has 2 aliphatic heterocycles. The number of guanidine groups is 1. The number of nitrogens with zero attached hydrogens (tertiary/aromatic N) is 3. The number of fused-ring (bicyclic) bond motifs is 1. The second-order valence-electron chi connectivity index (χ2n) is 5.63. The van der Waals surface area contributed by atoms with Crippen LogP contribution in [0, 0.1) is 0 Å². The van der Waals surface area contributed by atoms with E-state index in [4.69, 9.17) is 10.5 Å². The van der Waals surface area contributed by atoms with Gasteiger partial charge in [0, 0.05) is 32.7 Å². The van der Waals surface area contributed by atoms with E-state index in [9.17, 15) is 0 Å². The lowest BCUT2D eigenvalue weighted by molar-refractivity contribution is 0.0674. The minimum atomic E-state index is 0.663. The van der Waals surface area contributed by atoms with Crippen molar-refractivity contribution in [1.82, 2.24) is 9.80 Å². The molecule has 1 aromatic carbocycles. The molecule has 2 heterocycles. The van der Waals surface area contributed by atoms with Gasteiger partial charge in [0.25, 0.3) is 0 Å².